The molecule has 2 heterocycles. The molecule has 0 atom stereocenters. The maximum Gasteiger partial charge on any atom is 0.276 e. The van der Waals surface area contributed by atoms with E-state index in [0.717, 1.165) is 37.4 Å². The highest BCUT2D eigenvalue weighted by Crippen LogP contribution is 2.21. The number of aromatic nitrogens is 1. The standard InChI is InChI=1S/C26H31N3O3/c1-4-21-9-11-23(12-10-21)31-18-24-20(3)32-27-25(24)26(30)29-15-13-28(14-16-29)17-22-7-5-19(2)6-8-22/h5-12H,4,13-18H2,1-3H3. The summed E-state index contributed by atoms with van der Waals surface area (Å²) in [6.07, 6.45) is 0.988. The Morgan fingerprint density at radius 1 is 0.969 bits per heavy atom. The van der Waals surface area contributed by atoms with Crippen LogP contribution in [0.15, 0.2) is 53.1 Å². The molecular formula is C26H31N3O3. The van der Waals surface area contributed by atoms with E-state index in [4.69, 9.17) is 9.26 Å². The molecule has 6 nitrogen and oxygen atoms in total. The number of amides is 1. The van der Waals surface area contributed by atoms with Gasteiger partial charge in [-0.1, -0.05) is 54.0 Å². The third kappa shape index (κ3) is 5.19. The highest BCUT2D eigenvalue weighted by Gasteiger charge is 2.28. The van der Waals surface area contributed by atoms with Gasteiger partial charge in [-0.25, -0.2) is 0 Å². The van der Waals surface area contributed by atoms with Gasteiger partial charge in [-0.2, -0.15) is 0 Å². The highest BCUT2D eigenvalue weighted by atomic mass is 16.5. The minimum absolute atomic E-state index is 0.0863. The normalized spacial score (nSPS) is 14.5. The van der Waals surface area contributed by atoms with Crippen molar-refractivity contribution < 1.29 is 14.1 Å². The van der Waals surface area contributed by atoms with Gasteiger partial charge in [-0.3, -0.25) is 9.69 Å². The summed E-state index contributed by atoms with van der Waals surface area (Å²) < 4.78 is 11.3. The zero-order chi connectivity index (χ0) is 22.5. The van der Waals surface area contributed by atoms with Gasteiger partial charge in [-0.15, -0.1) is 0 Å². The van der Waals surface area contributed by atoms with E-state index in [1.807, 2.05) is 24.0 Å². The summed E-state index contributed by atoms with van der Waals surface area (Å²) in [5, 5.41) is 4.07. The van der Waals surface area contributed by atoms with Crippen molar-refractivity contribution in [1.82, 2.24) is 15.0 Å². The maximum absolute atomic E-state index is 13.2. The average Bonchev–Trinajstić information content (AvgIpc) is 3.19. The zero-order valence-electron chi connectivity index (χ0n) is 19.1. The largest absolute Gasteiger partial charge is 0.489 e. The molecule has 1 aliphatic heterocycles. The lowest BCUT2D eigenvalue weighted by Gasteiger charge is -2.34. The molecule has 1 saturated heterocycles. The summed E-state index contributed by atoms with van der Waals surface area (Å²) >= 11 is 0. The molecule has 0 saturated carbocycles. The number of piperazine rings is 1. The Labute approximate surface area is 189 Å². The Morgan fingerprint density at radius 2 is 1.62 bits per heavy atom. The molecule has 0 spiro atoms. The second-order valence-corrected chi connectivity index (χ2v) is 8.41. The van der Waals surface area contributed by atoms with Crippen LogP contribution in [0.5, 0.6) is 5.75 Å². The quantitative estimate of drug-likeness (QED) is 0.553. The maximum atomic E-state index is 13.2. The predicted molar refractivity (Wildman–Crippen MR) is 124 cm³/mol. The molecule has 6 heteroatoms. The van der Waals surface area contributed by atoms with Crippen molar-refractivity contribution in [2.75, 3.05) is 26.2 Å². The lowest BCUT2D eigenvalue weighted by atomic mass is 10.1. The van der Waals surface area contributed by atoms with Gasteiger partial charge in [0.05, 0.1) is 5.56 Å². The summed E-state index contributed by atoms with van der Waals surface area (Å²) in [6, 6.07) is 16.6. The zero-order valence-corrected chi connectivity index (χ0v) is 19.1. The van der Waals surface area contributed by atoms with Gasteiger partial charge in [0, 0.05) is 32.7 Å². The van der Waals surface area contributed by atoms with Crippen LogP contribution in [0, 0.1) is 13.8 Å². The summed E-state index contributed by atoms with van der Waals surface area (Å²) in [6.45, 7) is 10.2. The SMILES string of the molecule is CCc1ccc(OCc2c(C(=O)N3CCN(Cc4ccc(C)cc4)CC3)noc2C)cc1. The van der Waals surface area contributed by atoms with Crippen LogP contribution >= 0.6 is 0 Å². The number of ether oxygens (including phenoxy) is 1. The van der Waals surface area contributed by atoms with Gasteiger partial charge in [0.15, 0.2) is 5.69 Å². The Kier molecular flexibility index (Phi) is 6.90. The summed E-state index contributed by atoms with van der Waals surface area (Å²) in [4.78, 5) is 17.4. The van der Waals surface area contributed by atoms with Crippen LogP contribution in [0.2, 0.25) is 0 Å². The smallest absolute Gasteiger partial charge is 0.276 e. The molecule has 0 radical (unpaired) electrons. The number of aryl methyl sites for hydroxylation is 3. The molecule has 2 aromatic carbocycles. The van der Waals surface area contributed by atoms with Crippen LogP contribution in [-0.4, -0.2) is 47.0 Å². The van der Waals surface area contributed by atoms with Gasteiger partial charge in [0.2, 0.25) is 0 Å². The van der Waals surface area contributed by atoms with E-state index in [1.165, 1.54) is 16.7 Å². The number of carbonyl (C=O) groups excluding carboxylic acids is 1. The van der Waals surface area contributed by atoms with Crippen LogP contribution in [-0.2, 0) is 19.6 Å². The van der Waals surface area contributed by atoms with Gasteiger partial charge >= 0.3 is 0 Å². The molecule has 1 aromatic heterocycles. The molecule has 1 fully saturated rings. The molecule has 1 aliphatic rings. The van der Waals surface area contributed by atoms with Crippen molar-refractivity contribution in [3.63, 3.8) is 0 Å². The van der Waals surface area contributed by atoms with Gasteiger partial charge in [0.25, 0.3) is 5.91 Å². The molecule has 0 bridgehead atoms. The predicted octanol–water partition coefficient (Wildman–Crippen LogP) is 4.39. The van der Waals surface area contributed by atoms with E-state index >= 15 is 0 Å². The third-order valence-corrected chi connectivity index (χ3v) is 6.09. The first-order valence-corrected chi connectivity index (χ1v) is 11.3. The topological polar surface area (TPSA) is 58.8 Å². The second-order valence-electron chi connectivity index (χ2n) is 8.41. The van der Waals surface area contributed by atoms with Crippen molar-refractivity contribution >= 4 is 5.91 Å². The van der Waals surface area contributed by atoms with Crippen LogP contribution < -0.4 is 4.74 Å². The molecule has 32 heavy (non-hydrogen) atoms. The van der Waals surface area contributed by atoms with Crippen LogP contribution in [0.4, 0.5) is 0 Å². The summed E-state index contributed by atoms with van der Waals surface area (Å²) in [7, 11) is 0. The van der Waals surface area contributed by atoms with E-state index in [9.17, 15) is 4.79 Å². The van der Waals surface area contributed by atoms with Gasteiger partial charge < -0.3 is 14.2 Å². The molecule has 1 amide bonds. The minimum atomic E-state index is -0.0863. The van der Waals surface area contributed by atoms with Gasteiger partial charge in [0.1, 0.15) is 18.1 Å². The molecule has 0 N–H and O–H groups in total. The number of carbonyl (C=O) groups is 1. The van der Waals surface area contributed by atoms with Crippen LogP contribution in [0.3, 0.4) is 0 Å². The van der Waals surface area contributed by atoms with Crippen LogP contribution in [0.25, 0.3) is 0 Å². The minimum Gasteiger partial charge on any atom is -0.489 e. The van der Waals surface area contributed by atoms with E-state index in [0.29, 0.717) is 24.5 Å². The lowest BCUT2D eigenvalue weighted by molar-refractivity contribution is 0.0616. The first-order valence-electron chi connectivity index (χ1n) is 11.3. The fourth-order valence-electron chi connectivity index (χ4n) is 3.92. The molecule has 3 aromatic rings. The fourth-order valence-corrected chi connectivity index (χ4v) is 3.92. The van der Waals surface area contributed by atoms with E-state index in [2.05, 4.69) is 60.3 Å². The van der Waals surface area contributed by atoms with E-state index in [1.54, 1.807) is 0 Å². The molecule has 168 valence electrons. The van der Waals surface area contributed by atoms with Gasteiger partial charge in [-0.05, 0) is 43.5 Å². The average molecular weight is 434 g/mol. The number of benzene rings is 2. The molecule has 0 unspecified atom stereocenters. The highest BCUT2D eigenvalue weighted by molar-refractivity contribution is 5.93. The van der Waals surface area contributed by atoms with Crippen LogP contribution in [0.1, 0.15) is 45.4 Å². The number of nitrogens with zero attached hydrogens (tertiary/aromatic N) is 3. The first-order chi connectivity index (χ1) is 15.5. The third-order valence-electron chi connectivity index (χ3n) is 6.09. The van der Waals surface area contributed by atoms with E-state index < -0.39 is 0 Å². The molecule has 0 aliphatic carbocycles. The summed E-state index contributed by atoms with van der Waals surface area (Å²) in [5.41, 5.74) is 4.91. The van der Waals surface area contributed by atoms with Crippen molar-refractivity contribution in [1.29, 1.82) is 0 Å². The Balaban J connectivity index is 1.35. The second kappa shape index (κ2) is 10.0. The molecule has 4 rings (SSSR count). The lowest BCUT2D eigenvalue weighted by Crippen LogP contribution is -2.48. The van der Waals surface area contributed by atoms with Crippen molar-refractivity contribution in [2.24, 2.45) is 0 Å². The Hall–Kier alpha value is -3.12. The monoisotopic (exact) mass is 433 g/mol. The van der Waals surface area contributed by atoms with E-state index in [-0.39, 0.29) is 12.5 Å². The number of hydrogen-bond acceptors (Lipinski definition) is 5. The summed E-state index contributed by atoms with van der Waals surface area (Å²) in [5.74, 6) is 1.30. The van der Waals surface area contributed by atoms with Crippen molar-refractivity contribution in [2.45, 2.75) is 40.3 Å². The number of rotatable bonds is 7. The van der Waals surface area contributed by atoms with Crippen molar-refractivity contribution in [3.8, 4) is 5.75 Å². The fraction of sp³-hybridized carbons (Fsp3) is 0.385. The molecular weight excluding hydrogens is 402 g/mol. The number of hydrogen-bond donors (Lipinski definition) is 0. The van der Waals surface area contributed by atoms with Crippen molar-refractivity contribution in [3.05, 3.63) is 82.2 Å². The first kappa shape index (κ1) is 22.1. The Morgan fingerprint density at radius 3 is 2.28 bits per heavy atom. The Bertz CT molecular complexity index is 1030.